The van der Waals surface area contributed by atoms with Crippen molar-refractivity contribution in [2.24, 2.45) is 11.3 Å². The molecule has 2 atom stereocenters. The molecule has 3 heterocycles. The molecule has 1 aromatic carbocycles. The summed E-state index contributed by atoms with van der Waals surface area (Å²) in [5.41, 5.74) is -0.908. The van der Waals surface area contributed by atoms with Gasteiger partial charge in [0.15, 0.2) is 5.69 Å². The first-order valence-electron chi connectivity index (χ1n) is 12.4. The van der Waals surface area contributed by atoms with Gasteiger partial charge in [0.2, 0.25) is 5.82 Å². The third-order valence-corrected chi connectivity index (χ3v) is 6.42. The highest BCUT2D eigenvalue weighted by Crippen LogP contribution is 2.41. The highest BCUT2D eigenvalue weighted by Gasteiger charge is 2.43. The van der Waals surface area contributed by atoms with E-state index in [0.717, 1.165) is 19.4 Å². The average Bonchev–Trinajstić information content (AvgIpc) is 3.45. The van der Waals surface area contributed by atoms with E-state index in [1.165, 1.54) is 0 Å². The first-order chi connectivity index (χ1) is 17.8. The number of aliphatic carboxylic acids is 1. The number of carbonyl (C=O) groups is 1. The van der Waals surface area contributed by atoms with Crippen LogP contribution in [0, 0.1) is 11.3 Å². The molecule has 0 aliphatic carbocycles. The number of hydrogen-bond donors (Lipinski definition) is 2. The van der Waals surface area contributed by atoms with Crippen molar-refractivity contribution in [3.63, 3.8) is 0 Å². The van der Waals surface area contributed by atoms with Gasteiger partial charge in [-0.3, -0.25) is 4.79 Å². The van der Waals surface area contributed by atoms with Gasteiger partial charge in [-0.2, -0.15) is 18.2 Å². The van der Waals surface area contributed by atoms with Crippen LogP contribution in [-0.2, 0) is 17.4 Å². The molecule has 38 heavy (non-hydrogen) atoms. The Morgan fingerprint density at radius 1 is 1.16 bits per heavy atom. The summed E-state index contributed by atoms with van der Waals surface area (Å²) in [7, 11) is 0. The number of halogens is 3. The van der Waals surface area contributed by atoms with Crippen molar-refractivity contribution < 1.29 is 37.2 Å². The maximum atomic E-state index is 13.9. The second-order valence-electron chi connectivity index (χ2n) is 11.0. The maximum absolute atomic E-state index is 13.9. The van der Waals surface area contributed by atoms with Crippen LogP contribution in [0.2, 0.25) is 0 Å². The van der Waals surface area contributed by atoms with Crippen molar-refractivity contribution in [3.8, 4) is 23.0 Å². The summed E-state index contributed by atoms with van der Waals surface area (Å²) in [4.78, 5) is 17.2. The molecular formula is C26H31F3N4O5. The first-order valence-corrected chi connectivity index (χ1v) is 12.4. The van der Waals surface area contributed by atoms with Crippen LogP contribution in [0.5, 0.6) is 0 Å². The second kappa shape index (κ2) is 10.9. The summed E-state index contributed by atoms with van der Waals surface area (Å²) >= 11 is 0. The number of rotatable bonds is 8. The highest BCUT2D eigenvalue weighted by molar-refractivity contribution is 5.67. The first kappa shape index (κ1) is 27.8. The van der Waals surface area contributed by atoms with Crippen LogP contribution in [-0.4, -0.2) is 56.0 Å². The minimum atomic E-state index is -4.72. The van der Waals surface area contributed by atoms with Gasteiger partial charge in [0.1, 0.15) is 11.3 Å². The van der Waals surface area contributed by atoms with E-state index in [2.05, 4.69) is 20.2 Å². The zero-order valence-corrected chi connectivity index (χ0v) is 21.5. The predicted molar refractivity (Wildman–Crippen MR) is 130 cm³/mol. The fraction of sp³-hybridized carbons (Fsp3) is 0.538. The van der Waals surface area contributed by atoms with E-state index in [9.17, 15) is 23.1 Å². The lowest BCUT2D eigenvalue weighted by atomic mass is 9.89. The molecule has 9 nitrogen and oxygen atoms in total. The average molecular weight is 537 g/mol. The molecule has 1 aliphatic heterocycles. The molecule has 0 saturated carbocycles. The zero-order valence-electron chi connectivity index (χ0n) is 21.5. The summed E-state index contributed by atoms with van der Waals surface area (Å²) in [5.74, 6) is -1.37. The number of benzene rings is 1. The SMILES string of the molecule is CC(C)(C)Cc1onc(-c2nc(-c3ccc([C@H](O)CN4CCC[C@H](CC(=O)O)C4)cc3)no2)c1C(F)(F)F. The van der Waals surface area contributed by atoms with Gasteiger partial charge in [-0.05, 0) is 36.3 Å². The summed E-state index contributed by atoms with van der Waals surface area (Å²) in [5, 5.41) is 27.2. The van der Waals surface area contributed by atoms with Gasteiger partial charge < -0.3 is 24.2 Å². The molecule has 0 unspecified atom stereocenters. The molecule has 0 radical (unpaired) electrons. The van der Waals surface area contributed by atoms with E-state index in [-0.39, 0.29) is 30.3 Å². The van der Waals surface area contributed by atoms with Crippen LogP contribution in [0.4, 0.5) is 13.2 Å². The summed E-state index contributed by atoms with van der Waals surface area (Å²) in [6.45, 7) is 7.16. The molecule has 0 bridgehead atoms. The van der Waals surface area contributed by atoms with Crippen LogP contribution in [0.15, 0.2) is 33.3 Å². The lowest BCUT2D eigenvalue weighted by Crippen LogP contribution is -2.38. The van der Waals surface area contributed by atoms with E-state index in [1.807, 2.05) is 0 Å². The predicted octanol–water partition coefficient (Wildman–Crippen LogP) is 5.22. The molecule has 0 spiro atoms. The fourth-order valence-electron chi connectivity index (χ4n) is 4.74. The van der Waals surface area contributed by atoms with Gasteiger partial charge in [0.25, 0.3) is 5.89 Å². The molecule has 4 rings (SSSR count). The molecular weight excluding hydrogens is 505 g/mol. The molecule has 1 fully saturated rings. The molecule has 2 aromatic heterocycles. The number of alkyl halides is 3. The summed E-state index contributed by atoms with van der Waals surface area (Å²) in [6, 6.07) is 6.67. The minimum Gasteiger partial charge on any atom is -0.481 e. The fourth-order valence-corrected chi connectivity index (χ4v) is 4.74. The standard InChI is InChI=1S/C26H31F3N4O5/c1-25(2,3)12-19-21(26(27,28)29)22(31-37-19)24-30-23(32-38-24)17-8-6-16(7-9-17)18(34)14-33-10-4-5-15(13-33)11-20(35)36/h6-9,15,18,34H,4-5,10-14H2,1-3H3,(H,35,36)/t15-,18-/m1/s1. The van der Waals surface area contributed by atoms with Crippen LogP contribution >= 0.6 is 0 Å². The van der Waals surface area contributed by atoms with E-state index < -0.39 is 40.8 Å². The zero-order chi connectivity index (χ0) is 27.7. The Morgan fingerprint density at radius 2 is 1.87 bits per heavy atom. The lowest BCUT2D eigenvalue weighted by Gasteiger charge is -2.33. The van der Waals surface area contributed by atoms with Crippen molar-refractivity contribution in [2.75, 3.05) is 19.6 Å². The summed E-state index contributed by atoms with van der Waals surface area (Å²) in [6.07, 6.45) is -3.63. The number of aliphatic hydroxyl groups is 1. The molecule has 1 saturated heterocycles. The quantitative estimate of drug-likeness (QED) is 0.398. The van der Waals surface area contributed by atoms with Gasteiger partial charge in [0.05, 0.1) is 6.10 Å². The Bertz CT molecular complexity index is 1250. The third-order valence-electron chi connectivity index (χ3n) is 6.42. The Kier molecular flexibility index (Phi) is 7.93. The number of β-amino-alcohol motifs (C(OH)–C–C–N with tert-alkyl or cyclic N) is 1. The third kappa shape index (κ3) is 6.79. The largest absolute Gasteiger partial charge is 0.481 e. The Labute approximate surface area is 217 Å². The van der Waals surface area contributed by atoms with E-state index in [1.54, 1.807) is 45.0 Å². The van der Waals surface area contributed by atoms with Crippen LogP contribution in [0.3, 0.4) is 0 Å². The van der Waals surface area contributed by atoms with Crippen molar-refractivity contribution in [1.29, 1.82) is 0 Å². The highest BCUT2D eigenvalue weighted by atomic mass is 19.4. The minimum absolute atomic E-state index is 0.0251. The normalized spacial score (nSPS) is 18.0. The van der Waals surface area contributed by atoms with E-state index >= 15 is 0 Å². The molecule has 2 N–H and O–H groups in total. The number of nitrogens with zero attached hydrogens (tertiary/aromatic N) is 4. The number of hydrogen-bond acceptors (Lipinski definition) is 8. The van der Waals surface area contributed by atoms with Gasteiger partial charge in [0, 0.05) is 31.5 Å². The number of aliphatic hydroxyl groups excluding tert-OH is 1. The molecule has 12 heteroatoms. The Morgan fingerprint density at radius 3 is 2.50 bits per heavy atom. The Balaban J connectivity index is 1.47. The van der Waals surface area contributed by atoms with Crippen LogP contribution < -0.4 is 0 Å². The van der Waals surface area contributed by atoms with Crippen LogP contribution in [0.25, 0.3) is 23.0 Å². The topological polar surface area (TPSA) is 126 Å². The monoisotopic (exact) mass is 536 g/mol. The van der Waals surface area contributed by atoms with Crippen LogP contribution in [0.1, 0.15) is 63.0 Å². The Hall–Kier alpha value is -3.25. The second-order valence-corrected chi connectivity index (χ2v) is 11.0. The number of aromatic nitrogens is 3. The molecule has 1 aliphatic rings. The molecule has 0 amide bonds. The van der Waals surface area contributed by atoms with E-state index in [0.29, 0.717) is 24.2 Å². The van der Waals surface area contributed by atoms with Crippen molar-refractivity contribution in [2.45, 2.75) is 58.7 Å². The maximum Gasteiger partial charge on any atom is 0.422 e. The lowest BCUT2D eigenvalue weighted by molar-refractivity contribution is -0.139. The van der Waals surface area contributed by atoms with Gasteiger partial charge >= 0.3 is 12.1 Å². The van der Waals surface area contributed by atoms with Crippen molar-refractivity contribution >= 4 is 5.97 Å². The van der Waals surface area contributed by atoms with Gasteiger partial charge in [-0.15, -0.1) is 0 Å². The van der Waals surface area contributed by atoms with Gasteiger partial charge in [-0.1, -0.05) is 55.4 Å². The number of likely N-dealkylation sites (tertiary alicyclic amines) is 1. The smallest absolute Gasteiger partial charge is 0.422 e. The number of carboxylic acid groups (broad SMARTS) is 1. The number of carboxylic acids is 1. The molecule has 206 valence electrons. The van der Waals surface area contributed by atoms with Gasteiger partial charge in [-0.25, -0.2) is 0 Å². The van der Waals surface area contributed by atoms with Crippen molar-refractivity contribution in [1.82, 2.24) is 20.2 Å². The summed E-state index contributed by atoms with van der Waals surface area (Å²) < 4.78 is 51.7. The molecule has 3 aromatic rings. The number of piperidine rings is 1. The van der Waals surface area contributed by atoms with E-state index in [4.69, 9.17) is 14.2 Å². The van der Waals surface area contributed by atoms with Crippen molar-refractivity contribution in [3.05, 3.63) is 41.2 Å².